The van der Waals surface area contributed by atoms with E-state index in [1.807, 2.05) is 37.3 Å². The second-order valence-electron chi connectivity index (χ2n) is 5.96. The first-order valence-corrected chi connectivity index (χ1v) is 8.02. The molecular weight excluding hydrogens is 290 g/mol. The molecule has 0 spiro atoms. The molecule has 1 aliphatic heterocycles. The van der Waals surface area contributed by atoms with Gasteiger partial charge in [-0.15, -0.1) is 0 Å². The van der Waals surface area contributed by atoms with Gasteiger partial charge in [-0.3, -0.25) is 9.59 Å². The molecule has 2 aromatic rings. The molecule has 0 saturated carbocycles. The third-order valence-electron chi connectivity index (χ3n) is 4.41. The summed E-state index contributed by atoms with van der Waals surface area (Å²) in [5.74, 6) is 0.559. The molecule has 1 aromatic carbocycles. The summed E-state index contributed by atoms with van der Waals surface area (Å²) in [7, 11) is 0. The van der Waals surface area contributed by atoms with E-state index in [9.17, 15) is 9.59 Å². The van der Waals surface area contributed by atoms with E-state index in [4.69, 9.17) is 0 Å². The van der Waals surface area contributed by atoms with Crippen molar-refractivity contribution in [2.75, 3.05) is 6.54 Å². The molecule has 0 unspecified atom stereocenters. The Kier molecular flexibility index (Phi) is 4.28. The van der Waals surface area contributed by atoms with Gasteiger partial charge in [0.25, 0.3) is 5.56 Å². The molecule has 0 radical (unpaired) electrons. The zero-order valence-corrected chi connectivity index (χ0v) is 13.5. The number of hydrogen-bond donors (Lipinski definition) is 1. The summed E-state index contributed by atoms with van der Waals surface area (Å²) in [6, 6.07) is 9.83. The van der Waals surface area contributed by atoms with E-state index in [0.717, 1.165) is 17.7 Å². The van der Waals surface area contributed by atoms with Gasteiger partial charge in [0.15, 0.2) is 0 Å². The fourth-order valence-electron chi connectivity index (χ4n) is 3.20. The zero-order valence-electron chi connectivity index (χ0n) is 13.5. The highest BCUT2D eigenvalue weighted by atomic mass is 16.2. The lowest BCUT2D eigenvalue weighted by atomic mass is 9.94. The standard InChI is InChI=1S/C18H21N3O2/c1-3-14(13-7-5-4-6-8-13)18(23)21-10-9-16-15(11-21)17(22)20-12(2)19-16/h4-8,14H,3,9-11H2,1-2H3,(H,19,20,22)/t14-/m0/s1. The predicted octanol–water partition coefficient (Wildman–Crippen LogP) is 2.16. The summed E-state index contributed by atoms with van der Waals surface area (Å²) >= 11 is 0. The monoisotopic (exact) mass is 311 g/mol. The normalized spacial score (nSPS) is 15.1. The van der Waals surface area contributed by atoms with Gasteiger partial charge in [0, 0.05) is 13.0 Å². The first kappa shape index (κ1) is 15.5. The van der Waals surface area contributed by atoms with Crippen LogP contribution in [-0.4, -0.2) is 27.3 Å². The third-order valence-corrected chi connectivity index (χ3v) is 4.41. The molecule has 3 rings (SSSR count). The average Bonchev–Trinajstić information content (AvgIpc) is 2.56. The molecule has 0 bridgehead atoms. The molecule has 1 aliphatic rings. The summed E-state index contributed by atoms with van der Waals surface area (Å²) in [6.45, 7) is 4.76. The van der Waals surface area contributed by atoms with E-state index >= 15 is 0 Å². The van der Waals surface area contributed by atoms with Crippen molar-refractivity contribution >= 4 is 5.91 Å². The number of H-pyrrole nitrogens is 1. The first-order chi connectivity index (χ1) is 11.1. The molecule has 1 N–H and O–H groups in total. The Labute approximate surface area is 135 Å². The molecule has 0 saturated heterocycles. The van der Waals surface area contributed by atoms with Crippen LogP contribution in [0, 0.1) is 6.92 Å². The summed E-state index contributed by atoms with van der Waals surface area (Å²) < 4.78 is 0. The largest absolute Gasteiger partial charge is 0.337 e. The minimum atomic E-state index is -0.157. The van der Waals surface area contributed by atoms with Crippen LogP contribution in [0.3, 0.4) is 0 Å². The van der Waals surface area contributed by atoms with E-state index in [0.29, 0.717) is 30.9 Å². The molecule has 1 amide bonds. The third kappa shape index (κ3) is 3.04. The van der Waals surface area contributed by atoms with Gasteiger partial charge in [0.1, 0.15) is 5.82 Å². The minimum absolute atomic E-state index is 0.0873. The van der Waals surface area contributed by atoms with Gasteiger partial charge in [-0.2, -0.15) is 0 Å². The SMILES string of the molecule is CC[C@H](C(=O)N1CCc2nc(C)[nH]c(=O)c2C1)c1ccccc1. The smallest absolute Gasteiger partial charge is 0.256 e. The van der Waals surface area contributed by atoms with Crippen LogP contribution < -0.4 is 5.56 Å². The Hall–Kier alpha value is -2.43. The number of nitrogens with zero attached hydrogens (tertiary/aromatic N) is 2. The van der Waals surface area contributed by atoms with Crippen LogP contribution in [0.2, 0.25) is 0 Å². The highest BCUT2D eigenvalue weighted by Crippen LogP contribution is 2.24. The Morgan fingerprint density at radius 2 is 2.09 bits per heavy atom. The maximum atomic E-state index is 12.9. The summed E-state index contributed by atoms with van der Waals surface area (Å²) in [5, 5.41) is 0. The predicted molar refractivity (Wildman–Crippen MR) is 88.2 cm³/mol. The Balaban J connectivity index is 1.85. The van der Waals surface area contributed by atoms with Crippen molar-refractivity contribution in [1.29, 1.82) is 0 Å². The number of amides is 1. The highest BCUT2D eigenvalue weighted by molar-refractivity contribution is 5.84. The molecule has 5 nitrogen and oxygen atoms in total. The molecule has 23 heavy (non-hydrogen) atoms. The lowest BCUT2D eigenvalue weighted by molar-refractivity contribution is -0.133. The van der Waals surface area contributed by atoms with Gasteiger partial charge in [-0.25, -0.2) is 4.98 Å². The number of benzene rings is 1. The van der Waals surface area contributed by atoms with Crippen LogP contribution in [-0.2, 0) is 17.8 Å². The molecule has 1 atom stereocenters. The second-order valence-corrected chi connectivity index (χ2v) is 5.96. The fraction of sp³-hybridized carbons (Fsp3) is 0.389. The molecule has 120 valence electrons. The zero-order chi connectivity index (χ0) is 16.4. The molecule has 0 aliphatic carbocycles. The Morgan fingerprint density at radius 1 is 1.35 bits per heavy atom. The summed E-state index contributed by atoms with van der Waals surface area (Å²) in [6.07, 6.45) is 1.38. The van der Waals surface area contributed by atoms with Crippen LogP contribution >= 0.6 is 0 Å². The van der Waals surface area contributed by atoms with Crippen molar-refractivity contribution in [3.63, 3.8) is 0 Å². The number of aromatic amines is 1. The molecular formula is C18H21N3O2. The van der Waals surface area contributed by atoms with Crippen LogP contribution in [0.4, 0.5) is 0 Å². The molecule has 1 aromatic heterocycles. The van der Waals surface area contributed by atoms with E-state index in [1.54, 1.807) is 11.8 Å². The number of aryl methyl sites for hydroxylation is 1. The minimum Gasteiger partial charge on any atom is -0.337 e. The Morgan fingerprint density at radius 3 is 2.78 bits per heavy atom. The number of fused-ring (bicyclic) bond motifs is 1. The van der Waals surface area contributed by atoms with Gasteiger partial charge in [0.2, 0.25) is 5.91 Å². The first-order valence-electron chi connectivity index (χ1n) is 8.02. The topological polar surface area (TPSA) is 66.1 Å². The van der Waals surface area contributed by atoms with Crippen molar-refractivity contribution < 1.29 is 4.79 Å². The van der Waals surface area contributed by atoms with Crippen LogP contribution in [0.15, 0.2) is 35.1 Å². The van der Waals surface area contributed by atoms with Gasteiger partial charge < -0.3 is 9.88 Å². The average molecular weight is 311 g/mol. The number of hydrogen-bond acceptors (Lipinski definition) is 3. The number of nitrogens with one attached hydrogen (secondary N) is 1. The van der Waals surface area contributed by atoms with Crippen LogP contribution in [0.25, 0.3) is 0 Å². The fourth-order valence-corrected chi connectivity index (χ4v) is 3.20. The van der Waals surface area contributed by atoms with Crippen LogP contribution in [0.1, 0.15) is 41.9 Å². The van der Waals surface area contributed by atoms with Crippen LogP contribution in [0.5, 0.6) is 0 Å². The van der Waals surface area contributed by atoms with Crippen molar-refractivity contribution in [3.8, 4) is 0 Å². The summed E-state index contributed by atoms with van der Waals surface area (Å²) in [4.78, 5) is 34.0. The van der Waals surface area contributed by atoms with Crippen molar-refractivity contribution in [2.24, 2.45) is 0 Å². The second kappa shape index (κ2) is 6.36. The van der Waals surface area contributed by atoms with Gasteiger partial charge >= 0.3 is 0 Å². The van der Waals surface area contributed by atoms with Gasteiger partial charge in [-0.1, -0.05) is 37.3 Å². The molecule has 0 fully saturated rings. The maximum absolute atomic E-state index is 12.9. The van der Waals surface area contributed by atoms with Crippen molar-refractivity contribution in [2.45, 2.75) is 39.2 Å². The van der Waals surface area contributed by atoms with Crippen molar-refractivity contribution in [3.05, 3.63) is 63.3 Å². The molecule has 2 heterocycles. The van der Waals surface area contributed by atoms with E-state index in [1.165, 1.54) is 0 Å². The van der Waals surface area contributed by atoms with E-state index < -0.39 is 0 Å². The maximum Gasteiger partial charge on any atom is 0.256 e. The number of carbonyl (C=O) groups excluding carboxylic acids is 1. The highest BCUT2D eigenvalue weighted by Gasteiger charge is 2.29. The quantitative estimate of drug-likeness (QED) is 0.944. The lowest BCUT2D eigenvalue weighted by Gasteiger charge is -2.31. The number of aromatic nitrogens is 2. The number of carbonyl (C=O) groups is 1. The van der Waals surface area contributed by atoms with Crippen molar-refractivity contribution in [1.82, 2.24) is 14.9 Å². The Bertz CT molecular complexity index is 768. The summed E-state index contributed by atoms with van der Waals surface area (Å²) in [5.41, 5.74) is 2.35. The number of rotatable bonds is 3. The van der Waals surface area contributed by atoms with E-state index in [2.05, 4.69) is 9.97 Å². The van der Waals surface area contributed by atoms with Gasteiger partial charge in [-0.05, 0) is 18.9 Å². The molecule has 5 heteroatoms. The lowest BCUT2D eigenvalue weighted by Crippen LogP contribution is -2.41. The van der Waals surface area contributed by atoms with Gasteiger partial charge in [0.05, 0.1) is 23.7 Å². The van der Waals surface area contributed by atoms with E-state index in [-0.39, 0.29) is 17.4 Å².